The molecule has 1 unspecified atom stereocenters. The molecule has 0 bridgehead atoms. The van der Waals surface area contributed by atoms with Crippen molar-refractivity contribution >= 4 is 0 Å². The van der Waals surface area contributed by atoms with Gasteiger partial charge in [0.15, 0.2) is 0 Å². The van der Waals surface area contributed by atoms with E-state index in [9.17, 15) is 17.6 Å². The predicted molar refractivity (Wildman–Crippen MR) is 61.7 cm³/mol. The highest BCUT2D eigenvalue weighted by Gasteiger charge is 2.34. The van der Waals surface area contributed by atoms with E-state index < -0.39 is 23.6 Å². The Morgan fingerprint density at radius 3 is 2.37 bits per heavy atom. The lowest BCUT2D eigenvalue weighted by atomic mass is 9.99. The number of hydrogen-bond donors (Lipinski definition) is 1. The Balaban J connectivity index is 2.35. The average molecular weight is 270 g/mol. The van der Waals surface area contributed by atoms with Crippen molar-refractivity contribution in [1.29, 1.82) is 0 Å². The molecule has 2 N–H and O–H groups in total. The first-order chi connectivity index (χ1) is 8.89. The molecule has 1 aromatic carbocycles. The molecule has 0 aliphatic carbocycles. The third kappa shape index (κ3) is 2.90. The molecule has 19 heavy (non-hydrogen) atoms. The highest BCUT2D eigenvalue weighted by atomic mass is 19.4. The Morgan fingerprint density at radius 2 is 1.84 bits per heavy atom. The van der Waals surface area contributed by atoms with Crippen molar-refractivity contribution in [2.24, 2.45) is 5.73 Å². The highest BCUT2D eigenvalue weighted by Crippen LogP contribution is 2.32. The molecule has 0 saturated carbocycles. The van der Waals surface area contributed by atoms with Crippen LogP contribution >= 0.6 is 0 Å². The van der Waals surface area contributed by atoms with Crippen molar-refractivity contribution in [2.45, 2.75) is 12.2 Å². The number of aromatic nitrogens is 1. The highest BCUT2D eigenvalue weighted by molar-refractivity contribution is 5.33. The summed E-state index contributed by atoms with van der Waals surface area (Å²) in [4.78, 5) is 3.86. The smallest absolute Gasteiger partial charge is 0.320 e. The number of nitrogens with two attached hydrogens (primary N) is 1. The van der Waals surface area contributed by atoms with Crippen molar-refractivity contribution in [3.63, 3.8) is 0 Å². The van der Waals surface area contributed by atoms with Crippen molar-refractivity contribution in [2.75, 3.05) is 0 Å². The summed E-state index contributed by atoms with van der Waals surface area (Å²) >= 11 is 0. The number of alkyl halides is 3. The molecular formula is C13H10F4N2. The molecular weight excluding hydrogens is 260 g/mol. The second kappa shape index (κ2) is 4.97. The van der Waals surface area contributed by atoms with E-state index in [2.05, 4.69) is 4.98 Å². The van der Waals surface area contributed by atoms with Gasteiger partial charge in [0, 0.05) is 12.4 Å². The van der Waals surface area contributed by atoms with E-state index in [4.69, 9.17) is 5.73 Å². The monoisotopic (exact) mass is 270 g/mol. The molecule has 0 fully saturated rings. The van der Waals surface area contributed by atoms with Gasteiger partial charge in [0.2, 0.25) is 0 Å². The molecule has 6 heteroatoms. The average Bonchev–Trinajstić information content (AvgIpc) is 2.37. The summed E-state index contributed by atoms with van der Waals surface area (Å²) in [5.74, 6) is -1.33. The standard InChI is InChI=1S/C13H10F4N2/c14-11-6-8(3-4-10(11)13(15,16)17)12(18)9-2-1-5-19-7-9/h1-7,12H,18H2. The van der Waals surface area contributed by atoms with Gasteiger partial charge < -0.3 is 5.73 Å². The van der Waals surface area contributed by atoms with Crippen LogP contribution in [0.25, 0.3) is 0 Å². The van der Waals surface area contributed by atoms with Gasteiger partial charge in [-0.05, 0) is 29.3 Å². The fourth-order valence-electron chi connectivity index (χ4n) is 1.71. The molecule has 0 spiro atoms. The Hall–Kier alpha value is -1.95. The first kappa shape index (κ1) is 13.5. The molecule has 100 valence electrons. The van der Waals surface area contributed by atoms with Crippen molar-refractivity contribution in [1.82, 2.24) is 4.98 Å². The van der Waals surface area contributed by atoms with Crippen LogP contribution in [0.1, 0.15) is 22.7 Å². The van der Waals surface area contributed by atoms with Crippen LogP contribution in [0.15, 0.2) is 42.7 Å². The van der Waals surface area contributed by atoms with Gasteiger partial charge in [-0.3, -0.25) is 4.98 Å². The van der Waals surface area contributed by atoms with E-state index in [0.29, 0.717) is 11.6 Å². The lowest BCUT2D eigenvalue weighted by molar-refractivity contribution is -0.140. The zero-order valence-electron chi connectivity index (χ0n) is 9.66. The van der Waals surface area contributed by atoms with Crippen LogP contribution in [0.5, 0.6) is 0 Å². The van der Waals surface area contributed by atoms with Crippen LogP contribution in [0.3, 0.4) is 0 Å². The van der Waals surface area contributed by atoms with E-state index in [1.807, 2.05) is 0 Å². The van der Waals surface area contributed by atoms with Crippen molar-refractivity contribution < 1.29 is 17.6 Å². The van der Waals surface area contributed by atoms with Crippen molar-refractivity contribution in [3.05, 3.63) is 65.2 Å². The lowest BCUT2D eigenvalue weighted by Crippen LogP contribution is -2.14. The number of benzene rings is 1. The van der Waals surface area contributed by atoms with Crippen LogP contribution < -0.4 is 5.73 Å². The maximum Gasteiger partial charge on any atom is 0.419 e. The SMILES string of the molecule is NC(c1cccnc1)c1ccc(C(F)(F)F)c(F)c1. The van der Waals surface area contributed by atoms with E-state index in [1.165, 1.54) is 12.3 Å². The largest absolute Gasteiger partial charge is 0.419 e. The van der Waals surface area contributed by atoms with Gasteiger partial charge in [-0.25, -0.2) is 4.39 Å². The fourth-order valence-corrected chi connectivity index (χ4v) is 1.71. The summed E-state index contributed by atoms with van der Waals surface area (Å²) in [5.41, 5.74) is 5.42. The number of halogens is 4. The third-order valence-corrected chi connectivity index (χ3v) is 2.70. The van der Waals surface area contributed by atoms with Gasteiger partial charge in [0.05, 0.1) is 11.6 Å². The third-order valence-electron chi connectivity index (χ3n) is 2.70. The van der Waals surface area contributed by atoms with Gasteiger partial charge >= 0.3 is 6.18 Å². The molecule has 1 heterocycles. The number of hydrogen-bond acceptors (Lipinski definition) is 2. The molecule has 0 amide bonds. The summed E-state index contributed by atoms with van der Waals surface area (Å²) in [5, 5.41) is 0. The minimum atomic E-state index is -4.71. The molecule has 0 aliphatic heterocycles. The Kier molecular flexibility index (Phi) is 3.53. The molecule has 0 radical (unpaired) electrons. The second-order valence-corrected chi connectivity index (χ2v) is 4.00. The van der Waals surface area contributed by atoms with E-state index in [0.717, 1.165) is 6.07 Å². The lowest BCUT2D eigenvalue weighted by Gasteiger charge is -2.14. The molecule has 2 rings (SSSR count). The summed E-state index contributed by atoms with van der Waals surface area (Å²) in [6.45, 7) is 0. The summed E-state index contributed by atoms with van der Waals surface area (Å²) in [6.07, 6.45) is -1.68. The minimum absolute atomic E-state index is 0.263. The van der Waals surface area contributed by atoms with Crippen molar-refractivity contribution in [3.8, 4) is 0 Å². The van der Waals surface area contributed by atoms with E-state index in [1.54, 1.807) is 18.3 Å². The molecule has 1 aromatic heterocycles. The first-order valence-corrected chi connectivity index (χ1v) is 5.42. The zero-order valence-corrected chi connectivity index (χ0v) is 9.66. The molecule has 0 saturated heterocycles. The van der Waals surface area contributed by atoms with Crippen LogP contribution in [0.4, 0.5) is 17.6 Å². The van der Waals surface area contributed by atoms with Crippen LogP contribution in [-0.4, -0.2) is 4.98 Å². The Morgan fingerprint density at radius 1 is 1.11 bits per heavy atom. The number of pyridine rings is 1. The summed E-state index contributed by atoms with van der Waals surface area (Å²) in [6, 6.07) is 5.28. The van der Waals surface area contributed by atoms with E-state index in [-0.39, 0.29) is 5.56 Å². The maximum absolute atomic E-state index is 13.4. The Bertz CT molecular complexity index is 567. The van der Waals surface area contributed by atoms with Gasteiger partial charge in [0.1, 0.15) is 5.82 Å². The summed E-state index contributed by atoms with van der Waals surface area (Å²) in [7, 11) is 0. The van der Waals surface area contributed by atoms with E-state index >= 15 is 0 Å². The zero-order chi connectivity index (χ0) is 14.0. The fraction of sp³-hybridized carbons (Fsp3) is 0.154. The number of nitrogens with zero attached hydrogens (tertiary/aromatic N) is 1. The second-order valence-electron chi connectivity index (χ2n) is 4.00. The predicted octanol–water partition coefficient (Wildman–Crippen LogP) is 3.29. The van der Waals surface area contributed by atoms with Crippen LogP contribution in [0.2, 0.25) is 0 Å². The topological polar surface area (TPSA) is 38.9 Å². The first-order valence-electron chi connectivity index (χ1n) is 5.42. The quantitative estimate of drug-likeness (QED) is 0.850. The molecule has 0 aliphatic rings. The van der Waals surface area contributed by atoms with Gasteiger partial charge in [-0.2, -0.15) is 13.2 Å². The van der Waals surface area contributed by atoms with Gasteiger partial charge in [0.25, 0.3) is 0 Å². The normalized spacial score (nSPS) is 13.3. The molecule has 2 aromatic rings. The molecule has 1 atom stereocenters. The van der Waals surface area contributed by atoms with Crippen LogP contribution in [0, 0.1) is 5.82 Å². The summed E-state index contributed by atoms with van der Waals surface area (Å²) < 4.78 is 50.7. The Labute approximate surface area is 106 Å². The minimum Gasteiger partial charge on any atom is -0.320 e. The number of rotatable bonds is 2. The maximum atomic E-state index is 13.4. The van der Waals surface area contributed by atoms with Gasteiger partial charge in [-0.15, -0.1) is 0 Å². The van der Waals surface area contributed by atoms with Crippen LogP contribution in [-0.2, 0) is 6.18 Å². The van der Waals surface area contributed by atoms with Gasteiger partial charge in [-0.1, -0.05) is 12.1 Å². The molecule has 2 nitrogen and oxygen atoms in total.